The first-order valence-corrected chi connectivity index (χ1v) is 11.4. The number of nitrogens with one attached hydrogen (secondary N) is 1. The van der Waals surface area contributed by atoms with Gasteiger partial charge in [-0.3, -0.25) is 9.59 Å². The highest BCUT2D eigenvalue weighted by Crippen LogP contribution is 2.27. The van der Waals surface area contributed by atoms with Gasteiger partial charge in [-0.15, -0.1) is 0 Å². The van der Waals surface area contributed by atoms with Crippen molar-refractivity contribution in [3.8, 4) is 0 Å². The molecule has 30 heavy (non-hydrogen) atoms. The smallest absolute Gasteiger partial charge is 0.286 e. The number of nitrogens with zero attached hydrogens (tertiary/aromatic N) is 2. The maximum absolute atomic E-state index is 13.0. The number of carbonyl (C=O) groups excluding carboxylic acids is 2. The molecule has 1 aliphatic rings. The molecule has 1 N–H and O–H groups in total. The third-order valence-corrected chi connectivity index (χ3v) is 5.81. The fourth-order valence-corrected chi connectivity index (χ4v) is 4.13. The minimum atomic E-state index is -0.168. The summed E-state index contributed by atoms with van der Waals surface area (Å²) >= 11 is 0. The summed E-state index contributed by atoms with van der Waals surface area (Å²) in [6, 6.07) is 7.64. The third-order valence-electron chi connectivity index (χ3n) is 5.81. The van der Waals surface area contributed by atoms with Crippen LogP contribution in [0.2, 0.25) is 0 Å². The van der Waals surface area contributed by atoms with Gasteiger partial charge in [-0.2, -0.15) is 0 Å². The molecule has 6 heteroatoms. The number of unbranched alkanes of at least 4 members (excludes halogenated alkanes) is 1. The molecule has 1 aliphatic carbocycles. The van der Waals surface area contributed by atoms with Gasteiger partial charge in [-0.1, -0.05) is 33.1 Å². The number of rotatable bonds is 11. The molecule has 0 saturated heterocycles. The maximum atomic E-state index is 13.0. The molecule has 2 aromatic rings. The van der Waals surface area contributed by atoms with Crippen molar-refractivity contribution in [2.45, 2.75) is 71.9 Å². The molecule has 6 nitrogen and oxygen atoms in total. The van der Waals surface area contributed by atoms with Crippen molar-refractivity contribution in [3.05, 3.63) is 47.7 Å². The van der Waals surface area contributed by atoms with Gasteiger partial charge in [-0.25, -0.2) is 0 Å². The van der Waals surface area contributed by atoms with Crippen LogP contribution in [0.4, 0.5) is 0 Å². The number of hydrogen-bond donors (Lipinski definition) is 1. The number of carbonyl (C=O) groups is 2. The van der Waals surface area contributed by atoms with Gasteiger partial charge in [0.25, 0.3) is 5.91 Å². The maximum Gasteiger partial charge on any atom is 0.286 e. The van der Waals surface area contributed by atoms with Crippen molar-refractivity contribution in [1.82, 2.24) is 14.8 Å². The Morgan fingerprint density at radius 3 is 2.70 bits per heavy atom. The summed E-state index contributed by atoms with van der Waals surface area (Å²) in [5.41, 5.74) is 1.08. The topological polar surface area (TPSA) is 67.5 Å². The fraction of sp³-hybridized carbons (Fsp3) is 0.583. The van der Waals surface area contributed by atoms with Gasteiger partial charge in [0.15, 0.2) is 5.76 Å². The highest BCUT2D eigenvalue weighted by atomic mass is 16.4. The molecule has 2 aromatic heterocycles. The second-order valence-corrected chi connectivity index (χ2v) is 8.24. The van der Waals surface area contributed by atoms with E-state index < -0.39 is 0 Å². The molecule has 0 aliphatic heterocycles. The van der Waals surface area contributed by atoms with Gasteiger partial charge in [0.05, 0.1) is 13.1 Å². The van der Waals surface area contributed by atoms with E-state index in [0.29, 0.717) is 31.3 Å². The number of aromatic nitrogens is 1. The lowest BCUT2D eigenvalue weighted by Crippen LogP contribution is -2.36. The van der Waals surface area contributed by atoms with Gasteiger partial charge < -0.3 is 19.2 Å². The van der Waals surface area contributed by atoms with Crippen LogP contribution in [-0.2, 0) is 17.9 Å². The molecule has 3 rings (SSSR count). The zero-order valence-electron chi connectivity index (χ0n) is 18.4. The molecule has 0 unspecified atom stereocenters. The predicted molar refractivity (Wildman–Crippen MR) is 117 cm³/mol. The molecular weight excluding hydrogens is 378 g/mol. The Hall–Kier alpha value is -2.50. The summed E-state index contributed by atoms with van der Waals surface area (Å²) in [7, 11) is 0. The van der Waals surface area contributed by atoms with Crippen molar-refractivity contribution in [1.29, 1.82) is 0 Å². The number of hydrogen-bond acceptors (Lipinski definition) is 3. The molecular formula is C24H35N3O3. The van der Waals surface area contributed by atoms with Gasteiger partial charge in [0.2, 0.25) is 5.91 Å². The van der Waals surface area contributed by atoms with E-state index in [0.717, 1.165) is 50.1 Å². The summed E-state index contributed by atoms with van der Waals surface area (Å²) in [6.45, 7) is 6.81. The first kappa shape index (κ1) is 22.2. The Balaban J connectivity index is 1.63. The van der Waals surface area contributed by atoms with Crippen LogP contribution in [0.25, 0.3) is 0 Å². The van der Waals surface area contributed by atoms with Crippen LogP contribution >= 0.6 is 0 Å². The number of furan rings is 1. The quantitative estimate of drug-likeness (QED) is 0.548. The molecule has 0 radical (unpaired) electrons. The van der Waals surface area contributed by atoms with Crippen LogP contribution in [0.15, 0.2) is 34.9 Å². The van der Waals surface area contributed by atoms with E-state index >= 15 is 0 Å². The Morgan fingerprint density at radius 1 is 1.17 bits per heavy atom. The van der Waals surface area contributed by atoms with E-state index in [4.69, 9.17) is 4.42 Å². The lowest BCUT2D eigenvalue weighted by molar-refractivity contribution is -0.136. The van der Waals surface area contributed by atoms with Crippen LogP contribution in [0.1, 0.15) is 80.8 Å². The van der Waals surface area contributed by atoms with E-state index in [2.05, 4.69) is 29.8 Å². The monoisotopic (exact) mass is 413 g/mol. The highest BCUT2D eigenvalue weighted by molar-refractivity contribution is 5.91. The first-order chi connectivity index (χ1) is 14.6. The molecule has 0 aromatic carbocycles. The van der Waals surface area contributed by atoms with Gasteiger partial charge >= 0.3 is 0 Å². The van der Waals surface area contributed by atoms with Crippen LogP contribution in [-0.4, -0.2) is 34.4 Å². The first-order valence-electron chi connectivity index (χ1n) is 11.4. The average Bonchev–Trinajstić information content (AvgIpc) is 3.50. The molecule has 1 fully saturated rings. The molecule has 1 saturated carbocycles. The lowest BCUT2D eigenvalue weighted by Gasteiger charge is -2.26. The van der Waals surface area contributed by atoms with Crippen LogP contribution < -0.4 is 5.32 Å². The Bertz CT molecular complexity index is 817. The molecule has 0 bridgehead atoms. The van der Waals surface area contributed by atoms with Crippen molar-refractivity contribution < 1.29 is 14.0 Å². The second kappa shape index (κ2) is 11.0. The van der Waals surface area contributed by atoms with Crippen LogP contribution in [0, 0.1) is 5.92 Å². The van der Waals surface area contributed by atoms with Crippen molar-refractivity contribution in [2.24, 2.45) is 5.92 Å². The zero-order valence-corrected chi connectivity index (χ0v) is 18.4. The molecule has 2 amide bonds. The SMILES string of the molecule is CCCCNC(=O)c1ccc(Cn2cccc2CN(CCC)C(=O)C2CCCC2)o1. The Kier molecular flexibility index (Phi) is 8.17. The van der Waals surface area contributed by atoms with E-state index in [1.165, 1.54) is 12.8 Å². The minimum absolute atomic E-state index is 0.168. The molecule has 0 spiro atoms. The van der Waals surface area contributed by atoms with Crippen molar-refractivity contribution in [3.63, 3.8) is 0 Å². The highest BCUT2D eigenvalue weighted by Gasteiger charge is 2.27. The van der Waals surface area contributed by atoms with Gasteiger partial charge in [0, 0.05) is 30.9 Å². The van der Waals surface area contributed by atoms with E-state index in [-0.39, 0.29) is 11.8 Å². The van der Waals surface area contributed by atoms with Gasteiger partial charge in [-0.05, 0) is 49.9 Å². The summed E-state index contributed by atoms with van der Waals surface area (Å²) in [5.74, 6) is 1.40. The van der Waals surface area contributed by atoms with Gasteiger partial charge in [0.1, 0.15) is 5.76 Å². The van der Waals surface area contributed by atoms with Crippen LogP contribution in [0.3, 0.4) is 0 Å². The van der Waals surface area contributed by atoms with E-state index in [1.54, 1.807) is 6.07 Å². The molecule has 164 valence electrons. The Labute approximate surface area is 179 Å². The van der Waals surface area contributed by atoms with E-state index in [9.17, 15) is 9.59 Å². The predicted octanol–water partition coefficient (Wildman–Crippen LogP) is 4.59. The zero-order chi connectivity index (χ0) is 21.3. The van der Waals surface area contributed by atoms with Crippen LogP contribution in [0.5, 0.6) is 0 Å². The average molecular weight is 414 g/mol. The summed E-state index contributed by atoms with van der Waals surface area (Å²) in [5, 5.41) is 2.88. The standard InChI is InChI=1S/C24H35N3O3/c1-3-5-14-25-23(28)22-13-12-21(30-22)18-26-16-8-11-20(26)17-27(15-4-2)24(29)19-9-6-7-10-19/h8,11-13,16,19H,3-7,9-10,14-15,17-18H2,1-2H3,(H,25,28). The summed E-state index contributed by atoms with van der Waals surface area (Å²) < 4.78 is 7.87. The normalized spacial score (nSPS) is 14.2. The summed E-state index contributed by atoms with van der Waals surface area (Å²) in [4.78, 5) is 27.1. The lowest BCUT2D eigenvalue weighted by atomic mass is 10.1. The third kappa shape index (κ3) is 5.77. The van der Waals surface area contributed by atoms with E-state index in [1.807, 2.05) is 23.2 Å². The fourth-order valence-electron chi connectivity index (χ4n) is 4.13. The van der Waals surface area contributed by atoms with Crippen molar-refractivity contribution >= 4 is 11.8 Å². The largest absolute Gasteiger partial charge is 0.454 e. The minimum Gasteiger partial charge on any atom is -0.454 e. The Morgan fingerprint density at radius 2 is 1.97 bits per heavy atom. The summed E-state index contributed by atoms with van der Waals surface area (Å²) in [6.07, 6.45) is 9.33. The number of amides is 2. The van der Waals surface area contributed by atoms with Crippen molar-refractivity contribution in [2.75, 3.05) is 13.1 Å². The molecule has 2 heterocycles. The second-order valence-electron chi connectivity index (χ2n) is 8.24. The molecule has 0 atom stereocenters.